The van der Waals surface area contributed by atoms with Crippen LogP contribution in [0.3, 0.4) is 0 Å². The van der Waals surface area contributed by atoms with E-state index in [-0.39, 0.29) is 5.75 Å². The Morgan fingerprint density at radius 1 is 1.26 bits per heavy atom. The lowest BCUT2D eigenvalue weighted by molar-refractivity contribution is 0.294. The topological polar surface area (TPSA) is 78.6 Å². The molecule has 0 radical (unpaired) electrons. The Bertz CT molecular complexity index is 499. The lowest BCUT2D eigenvalue weighted by Crippen LogP contribution is -2.08. The summed E-state index contributed by atoms with van der Waals surface area (Å²) in [5, 5.41) is 0. The minimum Gasteiger partial charge on any atom is -0.493 e. The lowest BCUT2D eigenvalue weighted by Gasteiger charge is -2.11. The molecule has 0 saturated carbocycles. The maximum atomic E-state index is 11.0. The van der Waals surface area contributed by atoms with E-state index in [1.54, 1.807) is 7.11 Å². The molecule has 0 heterocycles. The van der Waals surface area contributed by atoms with Crippen LogP contribution >= 0.6 is 0 Å². The van der Waals surface area contributed by atoms with E-state index in [2.05, 4.69) is 0 Å². The van der Waals surface area contributed by atoms with Gasteiger partial charge in [0.25, 0.3) is 0 Å². The third-order valence-corrected chi connectivity index (χ3v) is 3.61. The first kappa shape index (κ1) is 15.8. The van der Waals surface area contributed by atoms with Crippen LogP contribution in [0.1, 0.15) is 12.0 Å². The number of sulfone groups is 1. The molecule has 19 heavy (non-hydrogen) atoms. The van der Waals surface area contributed by atoms with Crippen molar-refractivity contribution in [3.8, 4) is 11.5 Å². The maximum absolute atomic E-state index is 11.0. The predicted molar refractivity (Wildman–Crippen MR) is 75.6 cm³/mol. The summed E-state index contributed by atoms with van der Waals surface area (Å²) >= 11 is 0. The maximum Gasteiger partial charge on any atom is 0.161 e. The van der Waals surface area contributed by atoms with E-state index < -0.39 is 9.84 Å². The Balaban J connectivity index is 2.58. The minimum absolute atomic E-state index is 0.126. The van der Waals surface area contributed by atoms with Crippen LogP contribution < -0.4 is 15.2 Å². The molecule has 0 aliphatic rings. The fraction of sp³-hybridized carbons (Fsp3) is 0.538. The van der Waals surface area contributed by atoms with Gasteiger partial charge >= 0.3 is 0 Å². The number of hydrogen-bond donors (Lipinski definition) is 1. The quantitative estimate of drug-likeness (QED) is 0.722. The average molecular weight is 287 g/mol. The van der Waals surface area contributed by atoms with Crippen LogP contribution in [0.4, 0.5) is 0 Å². The summed E-state index contributed by atoms with van der Waals surface area (Å²) in [7, 11) is -1.36. The number of ether oxygens (including phenoxy) is 2. The zero-order valence-corrected chi connectivity index (χ0v) is 12.2. The summed E-state index contributed by atoms with van der Waals surface area (Å²) in [4.78, 5) is 0. The van der Waals surface area contributed by atoms with Gasteiger partial charge in [0.2, 0.25) is 0 Å². The number of hydrogen-bond acceptors (Lipinski definition) is 5. The van der Waals surface area contributed by atoms with Crippen LogP contribution in [0.25, 0.3) is 0 Å². The molecule has 1 rings (SSSR count). The molecule has 0 fully saturated rings. The molecule has 0 saturated heterocycles. The molecule has 1 aromatic carbocycles. The van der Waals surface area contributed by atoms with Crippen LogP contribution in [0.15, 0.2) is 18.2 Å². The predicted octanol–water partition coefficient (Wildman–Crippen LogP) is 1.01. The van der Waals surface area contributed by atoms with Crippen LogP contribution in [-0.2, 0) is 16.3 Å². The van der Waals surface area contributed by atoms with Gasteiger partial charge in [0.1, 0.15) is 9.84 Å². The zero-order chi connectivity index (χ0) is 14.3. The van der Waals surface area contributed by atoms with Crippen molar-refractivity contribution in [2.24, 2.45) is 5.73 Å². The summed E-state index contributed by atoms with van der Waals surface area (Å²) in [5.41, 5.74) is 6.59. The molecule has 0 aliphatic carbocycles. The summed E-state index contributed by atoms with van der Waals surface area (Å²) < 4.78 is 32.8. The van der Waals surface area contributed by atoms with Gasteiger partial charge in [-0.1, -0.05) is 6.07 Å². The SMILES string of the molecule is COc1cc(CCN)ccc1OCCCS(C)(=O)=O. The Kier molecular flexibility index (Phi) is 6.11. The zero-order valence-electron chi connectivity index (χ0n) is 11.4. The molecule has 0 atom stereocenters. The molecule has 0 aromatic heterocycles. The summed E-state index contributed by atoms with van der Waals surface area (Å²) in [6.45, 7) is 0.928. The van der Waals surface area contributed by atoms with Gasteiger partial charge in [-0.25, -0.2) is 8.42 Å². The highest BCUT2D eigenvalue weighted by Gasteiger charge is 2.07. The number of rotatable bonds is 8. The lowest BCUT2D eigenvalue weighted by atomic mass is 10.1. The molecule has 0 bridgehead atoms. The van der Waals surface area contributed by atoms with Crippen molar-refractivity contribution in [2.75, 3.05) is 32.3 Å². The van der Waals surface area contributed by atoms with E-state index in [0.29, 0.717) is 31.1 Å². The third-order valence-electron chi connectivity index (χ3n) is 2.58. The van der Waals surface area contributed by atoms with E-state index in [0.717, 1.165) is 12.0 Å². The van der Waals surface area contributed by atoms with Crippen LogP contribution in [0.2, 0.25) is 0 Å². The Morgan fingerprint density at radius 3 is 2.58 bits per heavy atom. The van der Waals surface area contributed by atoms with E-state index in [1.165, 1.54) is 6.26 Å². The van der Waals surface area contributed by atoms with Crippen molar-refractivity contribution in [3.05, 3.63) is 23.8 Å². The summed E-state index contributed by atoms with van der Waals surface area (Å²) in [6, 6.07) is 5.64. The Hall–Kier alpha value is -1.27. The molecule has 0 spiro atoms. The van der Waals surface area contributed by atoms with Crippen LogP contribution in [0.5, 0.6) is 11.5 Å². The smallest absolute Gasteiger partial charge is 0.161 e. The largest absolute Gasteiger partial charge is 0.493 e. The molecule has 1 aromatic rings. The molecular weight excluding hydrogens is 266 g/mol. The van der Waals surface area contributed by atoms with Gasteiger partial charge < -0.3 is 15.2 Å². The minimum atomic E-state index is -2.93. The van der Waals surface area contributed by atoms with Gasteiger partial charge in [-0.3, -0.25) is 0 Å². The number of benzene rings is 1. The van der Waals surface area contributed by atoms with Crippen LogP contribution in [-0.4, -0.2) is 40.7 Å². The summed E-state index contributed by atoms with van der Waals surface area (Å²) in [6.07, 6.45) is 2.46. The van der Waals surface area contributed by atoms with Crippen molar-refractivity contribution in [3.63, 3.8) is 0 Å². The van der Waals surface area contributed by atoms with Crippen molar-refractivity contribution >= 4 is 9.84 Å². The van der Waals surface area contributed by atoms with Crippen LogP contribution in [0, 0.1) is 0 Å². The second-order valence-corrected chi connectivity index (χ2v) is 6.62. The molecule has 0 amide bonds. The van der Waals surface area contributed by atoms with E-state index >= 15 is 0 Å². The molecule has 0 aliphatic heterocycles. The first-order chi connectivity index (χ1) is 8.96. The molecule has 6 heteroatoms. The van der Waals surface area contributed by atoms with Gasteiger partial charge in [-0.05, 0) is 37.1 Å². The van der Waals surface area contributed by atoms with Gasteiger partial charge in [-0.15, -0.1) is 0 Å². The summed E-state index contributed by atoms with van der Waals surface area (Å²) in [5.74, 6) is 1.39. The van der Waals surface area contributed by atoms with E-state index in [4.69, 9.17) is 15.2 Å². The Morgan fingerprint density at radius 2 is 2.00 bits per heavy atom. The number of nitrogens with two attached hydrogens (primary N) is 1. The highest BCUT2D eigenvalue weighted by Crippen LogP contribution is 2.28. The van der Waals surface area contributed by atoms with Crippen molar-refractivity contribution in [2.45, 2.75) is 12.8 Å². The molecule has 5 nitrogen and oxygen atoms in total. The normalized spacial score (nSPS) is 11.3. The third kappa shape index (κ3) is 5.94. The Labute approximate surface area is 114 Å². The molecule has 0 unspecified atom stereocenters. The van der Waals surface area contributed by atoms with E-state index in [1.807, 2.05) is 18.2 Å². The van der Waals surface area contributed by atoms with Gasteiger partial charge in [0.05, 0.1) is 19.5 Å². The van der Waals surface area contributed by atoms with E-state index in [9.17, 15) is 8.42 Å². The first-order valence-electron chi connectivity index (χ1n) is 6.14. The standard InChI is InChI=1S/C13H21NO4S/c1-17-13-10-11(6-7-14)4-5-12(13)18-8-3-9-19(2,15)16/h4-5,10H,3,6-9,14H2,1-2H3. The van der Waals surface area contributed by atoms with Gasteiger partial charge in [-0.2, -0.15) is 0 Å². The monoisotopic (exact) mass is 287 g/mol. The van der Waals surface area contributed by atoms with Crippen molar-refractivity contribution < 1.29 is 17.9 Å². The van der Waals surface area contributed by atoms with Crippen molar-refractivity contribution in [1.29, 1.82) is 0 Å². The molecular formula is C13H21NO4S. The second-order valence-electron chi connectivity index (χ2n) is 4.36. The highest BCUT2D eigenvalue weighted by atomic mass is 32.2. The molecule has 108 valence electrons. The highest BCUT2D eigenvalue weighted by molar-refractivity contribution is 7.90. The van der Waals surface area contributed by atoms with Gasteiger partial charge in [0.15, 0.2) is 11.5 Å². The second kappa shape index (κ2) is 7.35. The molecule has 2 N–H and O–H groups in total. The fourth-order valence-corrected chi connectivity index (χ4v) is 2.30. The first-order valence-corrected chi connectivity index (χ1v) is 8.20. The average Bonchev–Trinajstić information content (AvgIpc) is 2.35. The number of methoxy groups -OCH3 is 1. The van der Waals surface area contributed by atoms with Crippen molar-refractivity contribution in [1.82, 2.24) is 0 Å². The van der Waals surface area contributed by atoms with Gasteiger partial charge in [0, 0.05) is 6.26 Å². The fourth-order valence-electron chi connectivity index (χ4n) is 1.66.